The largest absolute Gasteiger partial charge is 0.458 e. The van der Waals surface area contributed by atoms with Crippen LogP contribution in [0.15, 0.2) is 47.6 Å². The van der Waals surface area contributed by atoms with Gasteiger partial charge < -0.3 is 14.2 Å². The lowest BCUT2D eigenvalue weighted by Crippen LogP contribution is -2.34. The average molecular weight is 344 g/mol. The van der Waals surface area contributed by atoms with E-state index in [2.05, 4.69) is 13.2 Å². The van der Waals surface area contributed by atoms with Crippen LogP contribution >= 0.6 is 0 Å². The molecule has 6 nitrogen and oxygen atoms in total. The van der Waals surface area contributed by atoms with E-state index in [9.17, 15) is 14.4 Å². The van der Waals surface area contributed by atoms with E-state index in [1.54, 1.807) is 6.08 Å². The summed E-state index contributed by atoms with van der Waals surface area (Å²) >= 11 is 0. The zero-order chi connectivity index (χ0) is 18.3. The molecule has 2 aliphatic heterocycles. The van der Waals surface area contributed by atoms with Gasteiger partial charge in [-0.25, -0.2) is 14.4 Å². The second kappa shape index (κ2) is 6.35. The van der Waals surface area contributed by atoms with Gasteiger partial charge in [0.05, 0.1) is 5.92 Å². The van der Waals surface area contributed by atoms with Gasteiger partial charge in [-0.15, -0.1) is 0 Å². The molecule has 1 saturated heterocycles. The summed E-state index contributed by atoms with van der Waals surface area (Å²) in [6, 6.07) is 0. The third-order valence-corrected chi connectivity index (χ3v) is 4.57. The van der Waals surface area contributed by atoms with Gasteiger partial charge in [0, 0.05) is 29.6 Å². The Morgan fingerprint density at radius 2 is 1.92 bits per heavy atom. The lowest BCUT2D eigenvalue weighted by Gasteiger charge is -2.26. The van der Waals surface area contributed by atoms with Crippen LogP contribution in [0, 0.1) is 5.92 Å². The molecule has 2 heterocycles. The highest BCUT2D eigenvalue weighted by molar-refractivity contribution is 5.93. The van der Waals surface area contributed by atoms with E-state index < -0.39 is 36.0 Å². The molecule has 1 aliphatic carbocycles. The van der Waals surface area contributed by atoms with Crippen molar-refractivity contribution in [1.82, 2.24) is 0 Å². The first-order valence-corrected chi connectivity index (χ1v) is 8.11. The molecular weight excluding hydrogens is 324 g/mol. The maximum absolute atomic E-state index is 12.1. The molecule has 3 rings (SSSR count). The van der Waals surface area contributed by atoms with Gasteiger partial charge in [-0.05, 0) is 26.0 Å². The van der Waals surface area contributed by atoms with Crippen LogP contribution in [0.5, 0.6) is 0 Å². The normalized spacial score (nSPS) is 33.4. The maximum Gasteiger partial charge on any atom is 0.334 e. The van der Waals surface area contributed by atoms with E-state index in [0.717, 1.165) is 5.57 Å². The van der Waals surface area contributed by atoms with E-state index in [4.69, 9.17) is 14.2 Å². The third kappa shape index (κ3) is 3.29. The average Bonchev–Trinajstić information content (AvgIpc) is 2.98. The standard InChI is InChI=1S/C19H20O6/c1-9(2)17(20)24-15-8-12-7-13(23-19(12)22)5-10(3)6-14-16(15)11(4)18(21)25-14/h6-7,13-16H,1,4-5,8H2,2-3H3/b10-6-/t13-,14+,15-,16-/m0/s1. The predicted molar refractivity (Wildman–Crippen MR) is 88.2 cm³/mol. The smallest absolute Gasteiger partial charge is 0.334 e. The van der Waals surface area contributed by atoms with Crippen LogP contribution in [0.1, 0.15) is 26.7 Å². The summed E-state index contributed by atoms with van der Waals surface area (Å²) in [6.07, 6.45) is 2.52. The quantitative estimate of drug-likeness (QED) is 0.331. The molecule has 6 heteroatoms. The fraction of sp³-hybridized carbons (Fsp3) is 0.421. The second-order valence-electron chi connectivity index (χ2n) is 6.70. The van der Waals surface area contributed by atoms with Gasteiger partial charge in [-0.2, -0.15) is 0 Å². The third-order valence-electron chi connectivity index (χ3n) is 4.57. The van der Waals surface area contributed by atoms with Gasteiger partial charge >= 0.3 is 17.9 Å². The Bertz CT molecular complexity index is 741. The molecule has 1 fully saturated rings. The molecule has 132 valence electrons. The lowest BCUT2D eigenvalue weighted by molar-refractivity contribution is -0.148. The Labute approximate surface area is 145 Å². The van der Waals surface area contributed by atoms with Crippen LogP contribution in [-0.4, -0.2) is 36.2 Å². The molecule has 0 spiro atoms. The molecule has 0 amide bonds. The lowest BCUT2D eigenvalue weighted by atomic mass is 9.85. The first-order chi connectivity index (χ1) is 11.8. The maximum atomic E-state index is 12.1. The Morgan fingerprint density at radius 3 is 2.60 bits per heavy atom. The zero-order valence-corrected chi connectivity index (χ0v) is 14.2. The van der Waals surface area contributed by atoms with E-state index in [1.165, 1.54) is 6.92 Å². The molecule has 3 aliphatic rings. The fourth-order valence-electron chi connectivity index (χ4n) is 3.33. The molecule has 25 heavy (non-hydrogen) atoms. The van der Waals surface area contributed by atoms with E-state index >= 15 is 0 Å². The van der Waals surface area contributed by atoms with Gasteiger partial charge in [0.1, 0.15) is 18.3 Å². The number of hydrogen-bond acceptors (Lipinski definition) is 6. The van der Waals surface area contributed by atoms with Crippen LogP contribution in [0.3, 0.4) is 0 Å². The summed E-state index contributed by atoms with van der Waals surface area (Å²) < 4.78 is 16.3. The molecule has 0 aromatic rings. The number of rotatable bonds is 2. The Kier molecular flexibility index (Phi) is 4.37. The molecule has 0 unspecified atom stereocenters. The first-order valence-electron chi connectivity index (χ1n) is 8.11. The molecule has 0 aromatic heterocycles. The molecule has 4 atom stereocenters. The van der Waals surface area contributed by atoms with Crippen LogP contribution in [-0.2, 0) is 28.6 Å². The first kappa shape index (κ1) is 17.2. The topological polar surface area (TPSA) is 78.9 Å². The summed E-state index contributed by atoms with van der Waals surface area (Å²) in [5.41, 5.74) is 1.82. The summed E-state index contributed by atoms with van der Waals surface area (Å²) in [7, 11) is 0. The van der Waals surface area contributed by atoms with Gasteiger partial charge in [0.25, 0.3) is 0 Å². The highest BCUT2D eigenvalue weighted by Gasteiger charge is 2.46. The highest BCUT2D eigenvalue weighted by Crippen LogP contribution is 2.38. The number of fused-ring (bicyclic) bond motifs is 2. The van der Waals surface area contributed by atoms with Gasteiger partial charge in [0.15, 0.2) is 0 Å². The minimum Gasteiger partial charge on any atom is -0.458 e. The number of carbonyl (C=O) groups excluding carboxylic acids is 3. The van der Waals surface area contributed by atoms with Crippen molar-refractivity contribution in [1.29, 1.82) is 0 Å². The number of hydrogen-bond donors (Lipinski definition) is 0. The van der Waals surface area contributed by atoms with Crippen molar-refractivity contribution >= 4 is 17.9 Å². The van der Waals surface area contributed by atoms with E-state index in [-0.39, 0.29) is 23.7 Å². The Morgan fingerprint density at radius 1 is 1.20 bits per heavy atom. The number of esters is 3. The highest BCUT2D eigenvalue weighted by atomic mass is 16.6. The molecule has 0 N–H and O–H groups in total. The zero-order valence-electron chi connectivity index (χ0n) is 14.2. The summed E-state index contributed by atoms with van der Waals surface area (Å²) in [5.74, 6) is -2.09. The molecular formula is C19H20O6. The minimum absolute atomic E-state index is 0.137. The SMILES string of the molecule is C=C(C)C(=O)O[C@H]1CC2=C[C@H](C/C(C)=C\[C@H]3OC(=O)C(=C)[C@H]13)OC2=O. The van der Waals surface area contributed by atoms with Crippen molar-refractivity contribution in [2.45, 2.75) is 45.0 Å². The second-order valence-corrected chi connectivity index (χ2v) is 6.70. The minimum atomic E-state index is -0.771. The van der Waals surface area contributed by atoms with Gasteiger partial charge in [0.2, 0.25) is 0 Å². The van der Waals surface area contributed by atoms with Crippen LogP contribution in [0.2, 0.25) is 0 Å². The summed E-state index contributed by atoms with van der Waals surface area (Å²) in [4.78, 5) is 36.2. The van der Waals surface area contributed by atoms with Crippen molar-refractivity contribution in [3.05, 3.63) is 47.6 Å². The fourth-order valence-corrected chi connectivity index (χ4v) is 3.33. The van der Waals surface area contributed by atoms with Crippen LogP contribution in [0.25, 0.3) is 0 Å². The summed E-state index contributed by atoms with van der Waals surface area (Å²) in [5, 5.41) is 0. The van der Waals surface area contributed by atoms with Crippen molar-refractivity contribution in [3.63, 3.8) is 0 Å². The number of ether oxygens (including phenoxy) is 3. The predicted octanol–water partition coefficient (Wildman–Crippen LogP) is 2.16. The van der Waals surface area contributed by atoms with Crippen LogP contribution in [0.4, 0.5) is 0 Å². The molecule has 2 bridgehead atoms. The molecule has 0 radical (unpaired) electrons. The molecule has 0 aromatic carbocycles. The van der Waals surface area contributed by atoms with E-state index in [1.807, 2.05) is 13.0 Å². The van der Waals surface area contributed by atoms with Gasteiger partial charge in [-0.3, -0.25) is 0 Å². The Hall–Kier alpha value is -2.63. The van der Waals surface area contributed by atoms with Gasteiger partial charge in [-0.1, -0.05) is 18.7 Å². The monoisotopic (exact) mass is 344 g/mol. The van der Waals surface area contributed by atoms with Crippen molar-refractivity contribution in [2.24, 2.45) is 5.92 Å². The van der Waals surface area contributed by atoms with Crippen LogP contribution < -0.4 is 0 Å². The van der Waals surface area contributed by atoms with Crippen molar-refractivity contribution in [2.75, 3.05) is 0 Å². The Balaban J connectivity index is 2.01. The summed E-state index contributed by atoms with van der Waals surface area (Å²) in [6.45, 7) is 10.8. The number of carbonyl (C=O) groups is 3. The van der Waals surface area contributed by atoms with E-state index in [0.29, 0.717) is 12.0 Å². The van der Waals surface area contributed by atoms with Crippen molar-refractivity contribution in [3.8, 4) is 0 Å². The van der Waals surface area contributed by atoms with Crippen molar-refractivity contribution < 1.29 is 28.6 Å². The molecule has 0 saturated carbocycles.